The van der Waals surface area contributed by atoms with Crippen molar-refractivity contribution in [2.75, 3.05) is 37.9 Å². The number of hydrogen-bond acceptors (Lipinski definition) is 6. The molecule has 7 nitrogen and oxygen atoms in total. The number of nitrogens with zero attached hydrogens (tertiary/aromatic N) is 4. The fourth-order valence-electron chi connectivity index (χ4n) is 3.31. The number of piperidine rings is 1. The van der Waals surface area contributed by atoms with E-state index in [1.807, 2.05) is 6.07 Å². The number of pyridine rings is 1. The Morgan fingerprint density at radius 3 is 2.75 bits per heavy atom. The lowest BCUT2D eigenvalue weighted by atomic mass is 10.0. The molecule has 1 saturated heterocycles. The Kier molecular flexibility index (Phi) is 4.76. The monoisotopic (exact) mass is 350 g/mol. The molecule has 2 aliphatic rings. The average Bonchev–Trinajstić information content (AvgIpc) is 2.59. The SMILES string of the molecule is CN(C1CCN(c2nc3c(cc2C#N)COCC3)CC1)S(C)(=O)=O. The zero-order valence-corrected chi connectivity index (χ0v) is 14.8. The predicted octanol–water partition coefficient (Wildman–Crippen LogP) is 0.886. The van der Waals surface area contributed by atoms with Crippen molar-refractivity contribution in [1.29, 1.82) is 5.26 Å². The number of aromatic nitrogens is 1. The number of nitriles is 1. The van der Waals surface area contributed by atoms with Crippen molar-refractivity contribution < 1.29 is 13.2 Å². The van der Waals surface area contributed by atoms with Gasteiger partial charge in [0, 0.05) is 38.2 Å². The van der Waals surface area contributed by atoms with Crippen LogP contribution in [0.25, 0.3) is 0 Å². The Balaban J connectivity index is 1.78. The second-order valence-corrected chi connectivity index (χ2v) is 8.42. The van der Waals surface area contributed by atoms with Gasteiger partial charge in [-0.25, -0.2) is 17.7 Å². The van der Waals surface area contributed by atoms with E-state index in [0.717, 1.165) is 36.3 Å². The van der Waals surface area contributed by atoms with Crippen molar-refractivity contribution in [2.24, 2.45) is 0 Å². The van der Waals surface area contributed by atoms with E-state index in [0.29, 0.717) is 31.9 Å². The van der Waals surface area contributed by atoms with E-state index in [1.165, 1.54) is 10.6 Å². The summed E-state index contributed by atoms with van der Waals surface area (Å²) < 4.78 is 30.3. The third kappa shape index (κ3) is 3.38. The third-order valence-corrected chi connectivity index (χ3v) is 6.18. The number of anilines is 1. The molecule has 1 aromatic heterocycles. The van der Waals surface area contributed by atoms with E-state index in [9.17, 15) is 13.7 Å². The molecular weight excluding hydrogens is 328 g/mol. The standard InChI is InChI=1S/C16H22N4O3S/c1-19(24(2,21)22)14-3-6-20(7-4-14)16-12(10-17)9-13-11-23-8-5-15(13)18-16/h9,14H,3-8,11H2,1-2H3. The lowest BCUT2D eigenvalue weighted by Gasteiger charge is -2.36. The van der Waals surface area contributed by atoms with Crippen LogP contribution in [-0.2, 0) is 27.8 Å². The van der Waals surface area contributed by atoms with E-state index >= 15 is 0 Å². The van der Waals surface area contributed by atoms with Gasteiger partial charge in [0.2, 0.25) is 10.0 Å². The zero-order chi connectivity index (χ0) is 17.3. The van der Waals surface area contributed by atoms with Crippen LogP contribution in [-0.4, -0.2) is 56.7 Å². The van der Waals surface area contributed by atoms with Gasteiger partial charge in [-0.2, -0.15) is 5.26 Å². The minimum Gasteiger partial charge on any atom is -0.376 e. The van der Waals surface area contributed by atoms with Crippen LogP contribution in [0, 0.1) is 11.3 Å². The number of rotatable bonds is 3. The summed E-state index contributed by atoms with van der Waals surface area (Å²) in [6, 6.07) is 4.12. The molecule has 0 amide bonds. The Morgan fingerprint density at radius 1 is 1.42 bits per heavy atom. The fourth-order valence-corrected chi connectivity index (χ4v) is 4.06. The number of ether oxygens (including phenoxy) is 1. The lowest BCUT2D eigenvalue weighted by Crippen LogP contribution is -2.45. The van der Waals surface area contributed by atoms with Crippen molar-refractivity contribution in [1.82, 2.24) is 9.29 Å². The molecule has 3 rings (SSSR count). The minimum absolute atomic E-state index is 0.00723. The van der Waals surface area contributed by atoms with E-state index in [4.69, 9.17) is 9.72 Å². The number of fused-ring (bicyclic) bond motifs is 1. The molecule has 1 fully saturated rings. The Morgan fingerprint density at radius 2 is 2.12 bits per heavy atom. The molecule has 0 radical (unpaired) electrons. The molecular formula is C16H22N4O3S. The van der Waals surface area contributed by atoms with Gasteiger partial charge in [0.1, 0.15) is 11.9 Å². The molecule has 0 aliphatic carbocycles. The van der Waals surface area contributed by atoms with Gasteiger partial charge in [-0.15, -0.1) is 0 Å². The predicted molar refractivity (Wildman–Crippen MR) is 90.2 cm³/mol. The lowest BCUT2D eigenvalue weighted by molar-refractivity contribution is 0.109. The van der Waals surface area contributed by atoms with Gasteiger partial charge in [-0.3, -0.25) is 0 Å². The summed E-state index contributed by atoms with van der Waals surface area (Å²) >= 11 is 0. The van der Waals surface area contributed by atoms with E-state index < -0.39 is 10.0 Å². The first-order chi connectivity index (χ1) is 11.4. The van der Waals surface area contributed by atoms with Gasteiger partial charge in [0.15, 0.2) is 0 Å². The highest BCUT2D eigenvalue weighted by atomic mass is 32.2. The highest BCUT2D eigenvalue weighted by Crippen LogP contribution is 2.27. The number of hydrogen-bond donors (Lipinski definition) is 0. The molecule has 130 valence electrons. The maximum Gasteiger partial charge on any atom is 0.211 e. The first kappa shape index (κ1) is 17.1. The summed E-state index contributed by atoms with van der Waals surface area (Å²) in [5.41, 5.74) is 2.56. The van der Waals surface area contributed by atoms with Crippen LogP contribution in [0.1, 0.15) is 29.7 Å². The Labute approximate surface area is 142 Å². The molecule has 0 spiro atoms. The second-order valence-electron chi connectivity index (χ2n) is 6.38. The van der Waals surface area contributed by atoms with E-state index in [-0.39, 0.29) is 6.04 Å². The first-order valence-corrected chi connectivity index (χ1v) is 9.93. The van der Waals surface area contributed by atoms with Crippen LogP contribution >= 0.6 is 0 Å². The molecule has 0 bridgehead atoms. The Hall–Kier alpha value is -1.69. The van der Waals surface area contributed by atoms with Gasteiger partial charge in [0.25, 0.3) is 0 Å². The first-order valence-electron chi connectivity index (χ1n) is 8.08. The molecule has 24 heavy (non-hydrogen) atoms. The molecule has 2 aliphatic heterocycles. The molecule has 0 atom stereocenters. The van der Waals surface area contributed by atoms with Crippen molar-refractivity contribution in [3.63, 3.8) is 0 Å². The normalized spacial score (nSPS) is 19.2. The summed E-state index contributed by atoms with van der Waals surface area (Å²) in [4.78, 5) is 6.82. The van der Waals surface area contributed by atoms with Gasteiger partial charge < -0.3 is 9.64 Å². The Bertz CT molecular complexity index is 764. The van der Waals surface area contributed by atoms with Crippen molar-refractivity contribution in [2.45, 2.75) is 31.9 Å². The molecule has 0 saturated carbocycles. The van der Waals surface area contributed by atoms with Gasteiger partial charge in [0.05, 0.1) is 30.7 Å². The zero-order valence-electron chi connectivity index (χ0n) is 14.0. The third-order valence-electron chi connectivity index (χ3n) is 4.83. The van der Waals surface area contributed by atoms with Crippen LogP contribution < -0.4 is 4.90 Å². The summed E-state index contributed by atoms with van der Waals surface area (Å²) in [5, 5.41) is 9.45. The van der Waals surface area contributed by atoms with Crippen LogP contribution in [0.5, 0.6) is 0 Å². The van der Waals surface area contributed by atoms with Crippen LogP contribution in [0.4, 0.5) is 5.82 Å². The maximum atomic E-state index is 11.7. The minimum atomic E-state index is -3.18. The molecule has 0 aromatic carbocycles. The molecule has 0 unspecified atom stereocenters. The van der Waals surface area contributed by atoms with E-state index in [1.54, 1.807) is 7.05 Å². The second kappa shape index (κ2) is 6.67. The van der Waals surface area contributed by atoms with Crippen LogP contribution in [0.2, 0.25) is 0 Å². The quantitative estimate of drug-likeness (QED) is 0.804. The highest BCUT2D eigenvalue weighted by molar-refractivity contribution is 7.88. The molecule has 1 aromatic rings. The van der Waals surface area contributed by atoms with Crippen molar-refractivity contribution in [3.8, 4) is 6.07 Å². The summed E-state index contributed by atoms with van der Waals surface area (Å²) in [6.07, 6.45) is 3.47. The highest BCUT2D eigenvalue weighted by Gasteiger charge is 2.29. The average molecular weight is 350 g/mol. The van der Waals surface area contributed by atoms with Crippen LogP contribution in [0.3, 0.4) is 0 Å². The largest absolute Gasteiger partial charge is 0.376 e. The summed E-state index contributed by atoms with van der Waals surface area (Å²) in [5.74, 6) is 0.721. The molecule has 8 heteroatoms. The molecule has 0 N–H and O–H groups in total. The van der Waals surface area contributed by atoms with Crippen molar-refractivity contribution >= 4 is 15.8 Å². The maximum absolute atomic E-state index is 11.7. The van der Waals surface area contributed by atoms with Gasteiger partial charge in [-0.05, 0) is 18.9 Å². The topological polar surface area (TPSA) is 86.5 Å². The smallest absolute Gasteiger partial charge is 0.211 e. The van der Waals surface area contributed by atoms with Gasteiger partial charge >= 0.3 is 0 Å². The summed E-state index contributed by atoms with van der Waals surface area (Å²) in [7, 11) is -1.54. The van der Waals surface area contributed by atoms with E-state index in [2.05, 4.69) is 11.0 Å². The fraction of sp³-hybridized carbons (Fsp3) is 0.625. The van der Waals surface area contributed by atoms with Crippen molar-refractivity contribution in [3.05, 3.63) is 22.9 Å². The van der Waals surface area contributed by atoms with Gasteiger partial charge in [-0.1, -0.05) is 0 Å². The number of sulfonamides is 1. The summed E-state index contributed by atoms with van der Waals surface area (Å²) in [6.45, 7) is 2.56. The molecule has 3 heterocycles. The van der Waals surface area contributed by atoms with Crippen LogP contribution in [0.15, 0.2) is 6.07 Å².